The highest BCUT2D eigenvalue weighted by Gasteiger charge is 2.47. The minimum Gasteiger partial charge on any atom is -0.385 e. The van der Waals surface area contributed by atoms with Gasteiger partial charge in [0.25, 0.3) is 0 Å². The number of aldehydes is 1. The monoisotopic (exact) mass is 422 g/mol. The van der Waals surface area contributed by atoms with E-state index in [1.54, 1.807) is 7.11 Å². The van der Waals surface area contributed by atoms with Crippen LogP contribution in [0, 0.1) is 12.8 Å². The Hall–Kier alpha value is -2.59. The van der Waals surface area contributed by atoms with Crippen molar-refractivity contribution in [3.8, 4) is 11.1 Å². The number of aryl methyl sites for hydroxylation is 1. The Labute approximate surface area is 188 Å². The predicted octanol–water partition coefficient (Wildman–Crippen LogP) is 5.52. The Bertz CT molecular complexity index is 860. The van der Waals surface area contributed by atoms with Gasteiger partial charge in [-0.3, -0.25) is 0 Å². The molecule has 1 saturated carbocycles. The topological polar surface area (TPSA) is 41.6 Å². The smallest absolute Gasteiger partial charge is 0.150 e. The van der Waals surface area contributed by atoms with Crippen molar-refractivity contribution in [2.75, 3.05) is 27.3 Å². The second-order valence-electron chi connectivity index (χ2n) is 8.05. The number of nitrogens with one attached hydrogen (secondary N) is 1. The van der Waals surface area contributed by atoms with Crippen LogP contribution in [0.5, 0.6) is 0 Å². The Morgan fingerprint density at radius 3 is 2.42 bits per heavy atom. The molecule has 168 valence electrons. The van der Waals surface area contributed by atoms with E-state index >= 15 is 0 Å². The molecule has 0 heterocycles. The van der Waals surface area contributed by atoms with E-state index in [-0.39, 0.29) is 5.92 Å². The zero-order valence-electron chi connectivity index (χ0n) is 19.8. The average Bonchev–Trinajstić information content (AvgIpc) is 3.65. The van der Waals surface area contributed by atoms with Crippen molar-refractivity contribution < 1.29 is 9.53 Å². The van der Waals surface area contributed by atoms with Gasteiger partial charge in [0.05, 0.1) is 5.82 Å². The maximum absolute atomic E-state index is 12.5. The third kappa shape index (κ3) is 6.20. The van der Waals surface area contributed by atoms with E-state index in [4.69, 9.17) is 4.74 Å². The zero-order chi connectivity index (χ0) is 22.9. The van der Waals surface area contributed by atoms with Gasteiger partial charge in [-0.2, -0.15) is 0 Å². The van der Waals surface area contributed by atoms with Crippen LogP contribution in [-0.2, 0) is 15.1 Å². The Kier molecular flexibility index (Phi) is 9.32. The van der Waals surface area contributed by atoms with E-state index < -0.39 is 5.54 Å². The Balaban J connectivity index is 0.00000166. The van der Waals surface area contributed by atoms with Crippen LogP contribution in [0.15, 0.2) is 60.9 Å². The zero-order valence-corrected chi connectivity index (χ0v) is 19.8. The fourth-order valence-corrected chi connectivity index (χ4v) is 3.84. The first-order valence-corrected chi connectivity index (χ1v) is 11.3. The number of ether oxygens (including phenoxy) is 1. The standard InChI is InChI=1S/C25H32N2O2.C2H6/c1-19-8-5-9-21(16-19)22-10-6-11-24(17-22)25(18-28,23-12-13-23)26-20(2)27(3)14-7-15-29-4;1-2/h5-6,8-11,16-18,23,26H,2,7,12-15H2,1,3-4H3;1-2H3. The first-order valence-electron chi connectivity index (χ1n) is 11.3. The lowest BCUT2D eigenvalue weighted by Crippen LogP contribution is -2.48. The summed E-state index contributed by atoms with van der Waals surface area (Å²) in [5, 5.41) is 3.50. The van der Waals surface area contributed by atoms with Crippen LogP contribution in [-0.4, -0.2) is 38.5 Å². The highest BCUT2D eigenvalue weighted by molar-refractivity contribution is 5.73. The minimum atomic E-state index is -0.744. The van der Waals surface area contributed by atoms with Crippen LogP contribution in [0.1, 0.15) is 44.2 Å². The van der Waals surface area contributed by atoms with Crippen LogP contribution < -0.4 is 5.32 Å². The number of methoxy groups -OCH3 is 1. The fourth-order valence-electron chi connectivity index (χ4n) is 3.84. The molecule has 1 fully saturated rings. The van der Waals surface area contributed by atoms with E-state index in [2.05, 4.69) is 66.2 Å². The summed E-state index contributed by atoms with van der Waals surface area (Å²) in [7, 11) is 3.70. The number of nitrogens with zero attached hydrogens (tertiary/aromatic N) is 1. The Morgan fingerprint density at radius 1 is 1.19 bits per heavy atom. The van der Waals surface area contributed by atoms with Gasteiger partial charge < -0.3 is 19.7 Å². The van der Waals surface area contributed by atoms with E-state index in [1.165, 1.54) is 5.56 Å². The SMILES string of the molecule is C=C(NC(C=O)(c1cccc(-c2cccc(C)c2)c1)C1CC1)N(C)CCCOC.CC. The molecule has 0 aromatic heterocycles. The van der Waals surface area contributed by atoms with Crippen LogP contribution in [0.2, 0.25) is 0 Å². The number of hydrogen-bond acceptors (Lipinski definition) is 4. The van der Waals surface area contributed by atoms with E-state index in [0.717, 1.165) is 54.6 Å². The highest BCUT2D eigenvalue weighted by Crippen LogP contribution is 2.45. The molecule has 4 nitrogen and oxygen atoms in total. The summed E-state index contributed by atoms with van der Waals surface area (Å²) in [6.45, 7) is 11.8. The molecule has 1 atom stereocenters. The molecule has 0 saturated heterocycles. The van der Waals surface area contributed by atoms with Crippen molar-refractivity contribution in [2.24, 2.45) is 5.92 Å². The number of hydrogen-bond donors (Lipinski definition) is 1. The van der Waals surface area contributed by atoms with E-state index in [1.807, 2.05) is 27.0 Å². The van der Waals surface area contributed by atoms with Crippen LogP contribution in [0.3, 0.4) is 0 Å². The number of benzene rings is 2. The molecule has 4 heteroatoms. The summed E-state index contributed by atoms with van der Waals surface area (Å²) < 4.78 is 5.14. The highest BCUT2D eigenvalue weighted by atomic mass is 16.5. The molecule has 2 aromatic carbocycles. The van der Waals surface area contributed by atoms with Crippen molar-refractivity contribution >= 4 is 6.29 Å². The second kappa shape index (κ2) is 11.7. The van der Waals surface area contributed by atoms with Gasteiger partial charge in [-0.25, -0.2) is 0 Å². The Morgan fingerprint density at radius 2 is 1.84 bits per heavy atom. The maximum Gasteiger partial charge on any atom is 0.150 e. The molecule has 1 N–H and O–H groups in total. The van der Waals surface area contributed by atoms with Crippen molar-refractivity contribution in [2.45, 2.75) is 45.6 Å². The molecule has 1 aliphatic rings. The summed E-state index contributed by atoms with van der Waals surface area (Å²) in [6.07, 6.45) is 4.07. The van der Waals surface area contributed by atoms with Gasteiger partial charge in [-0.1, -0.05) is 68.5 Å². The maximum atomic E-state index is 12.5. The third-order valence-electron chi connectivity index (χ3n) is 5.75. The van der Waals surface area contributed by atoms with Crippen LogP contribution in [0.25, 0.3) is 11.1 Å². The molecule has 0 spiro atoms. The molecule has 0 aliphatic heterocycles. The first kappa shape index (κ1) is 24.7. The number of carbonyl (C=O) groups excluding carboxylic acids is 1. The van der Waals surface area contributed by atoms with Crippen molar-refractivity contribution in [1.29, 1.82) is 0 Å². The van der Waals surface area contributed by atoms with Crippen molar-refractivity contribution in [1.82, 2.24) is 10.2 Å². The molecule has 0 amide bonds. The lowest BCUT2D eigenvalue weighted by atomic mass is 9.84. The third-order valence-corrected chi connectivity index (χ3v) is 5.75. The largest absolute Gasteiger partial charge is 0.385 e. The molecule has 3 rings (SSSR count). The van der Waals surface area contributed by atoms with Crippen molar-refractivity contribution in [3.63, 3.8) is 0 Å². The molecule has 0 radical (unpaired) electrons. The first-order chi connectivity index (χ1) is 15.0. The molecule has 31 heavy (non-hydrogen) atoms. The van der Waals surface area contributed by atoms with Gasteiger partial charge in [0, 0.05) is 27.3 Å². The quantitative estimate of drug-likeness (QED) is 0.382. The summed E-state index contributed by atoms with van der Waals surface area (Å²) in [4.78, 5) is 14.5. The number of rotatable bonds is 11. The molecular weight excluding hydrogens is 384 g/mol. The summed E-state index contributed by atoms with van der Waals surface area (Å²) in [5.74, 6) is 1.05. The number of carbonyl (C=O) groups is 1. The lowest BCUT2D eigenvalue weighted by Gasteiger charge is -2.35. The minimum absolute atomic E-state index is 0.289. The second-order valence-corrected chi connectivity index (χ2v) is 8.05. The fraction of sp³-hybridized carbons (Fsp3) is 0.444. The predicted molar refractivity (Wildman–Crippen MR) is 130 cm³/mol. The summed E-state index contributed by atoms with van der Waals surface area (Å²) >= 11 is 0. The van der Waals surface area contributed by atoms with E-state index in [9.17, 15) is 4.79 Å². The summed E-state index contributed by atoms with van der Waals surface area (Å²) in [5.41, 5.74) is 3.77. The van der Waals surface area contributed by atoms with Crippen LogP contribution >= 0.6 is 0 Å². The van der Waals surface area contributed by atoms with Gasteiger partial charge in [-0.15, -0.1) is 0 Å². The molecular formula is C27H38N2O2. The van der Waals surface area contributed by atoms with Gasteiger partial charge >= 0.3 is 0 Å². The molecule has 1 unspecified atom stereocenters. The van der Waals surface area contributed by atoms with Crippen molar-refractivity contribution in [3.05, 3.63) is 72.1 Å². The average molecular weight is 423 g/mol. The van der Waals surface area contributed by atoms with Gasteiger partial charge in [0.1, 0.15) is 11.8 Å². The van der Waals surface area contributed by atoms with Crippen LogP contribution in [0.4, 0.5) is 0 Å². The van der Waals surface area contributed by atoms with E-state index in [0.29, 0.717) is 6.61 Å². The lowest BCUT2D eigenvalue weighted by molar-refractivity contribution is -0.114. The van der Waals surface area contributed by atoms with Gasteiger partial charge in [0.15, 0.2) is 0 Å². The molecule has 0 bridgehead atoms. The van der Waals surface area contributed by atoms with Gasteiger partial charge in [0.2, 0.25) is 0 Å². The summed E-state index contributed by atoms with van der Waals surface area (Å²) in [6, 6.07) is 16.8. The molecule has 1 aliphatic carbocycles. The van der Waals surface area contributed by atoms with Gasteiger partial charge in [-0.05, 0) is 54.9 Å². The normalized spacial score (nSPS) is 14.6. The molecule has 2 aromatic rings.